The third-order valence-electron chi connectivity index (χ3n) is 3.24. The zero-order valence-electron chi connectivity index (χ0n) is 11.3. The van der Waals surface area contributed by atoms with E-state index in [2.05, 4.69) is 27.3 Å². The van der Waals surface area contributed by atoms with Crippen LogP contribution < -0.4 is 5.32 Å². The molecule has 6 heteroatoms. The summed E-state index contributed by atoms with van der Waals surface area (Å²) in [6.07, 6.45) is -0.104. The largest absolute Gasteiger partial charge is 0.371 e. The summed E-state index contributed by atoms with van der Waals surface area (Å²) in [5.74, 6) is 1.31. The van der Waals surface area contributed by atoms with Crippen LogP contribution in [0.4, 0.5) is 0 Å². The second-order valence-corrected chi connectivity index (χ2v) is 4.67. The first-order valence-corrected chi connectivity index (χ1v) is 6.59. The van der Waals surface area contributed by atoms with Crippen LogP contribution >= 0.6 is 0 Å². The normalized spacial score (nSPS) is 23.2. The molecule has 1 aromatic rings. The van der Waals surface area contributed by atoms with Gasteiger partial charge in [-0.05, 0) is 20.8 Å². The fourth-order valence-corrected chi connectivity index (χ4v) is 2.11. The highest BCUT2D eigenvalue weighted by Crippen LogP contribution is 2.14. The van der Waals surface area contributed by atoms with E-state index in [1.54, 1.807) is 0 Å². The smallest absolute Gasteiger partial charge is 0.240 e. The molecule has 0 bridgehead atoms. The van der Waals surface area contributed by atoms with Gasteiger partial charge in [0.05, 0.1) is 6.54 Å². The van der Waals surface area contributed by atoms with Crippen LogP contribution in [0.3, 0.4) is 0 Å². The van der Waals surface area contributed by atoms with Gasteiger partial charge in [0.25, 0.3) is 0 Å². The minimum absolute atomic E-state index is 0.104. The van der Waals surface area contributed by atoms with Crippen molar-refractivity contribution in [2.75, 3.05) is 26.2 Å². The predicted octanol–water partition coefficient (Wildman–Crippen LogP) is 0.961. The van der Waals surface area contributed by atoms with Gasteiger partial charge in [-0.1, -0.05) is 5.16 Å². The fourth-order valence-electron chi connectivity index (χ4n) is 2.11. The molecule has 18 heavy (non-hydrogen) atoms. The van der Waals surface area contributed by atoms with Crippen molar-refractivity contribution in [3.05, 3.63) is 11.7 Å². The van der Waals surface area contributed by atoms with Crippen molar-refractivity contribution in [3.8, 4) is 0 Å². The minimum Gasteiger partial charge on any atom is -0.371 e. The van der Waals surface area contributed by atoms with Gasteiger partial charge >= 0.3 is 0 Å². The Morgan fingerprint density at radius 3 is 3.17 bits per heavy atom. The van der Waals surface area contributed by atoms with Crippen LogP contribution in [0.5, 0.6) is 0 Å². The Morgan fingerprint density at radius 2 is 2.44 bits per heavy atom. The molecule has 1 aliphatic heterocycles. The summed E-state index contributed by atoms with van der Waals surface area (Å²) in [5.41, 5.74) is 0. The van der Waals surface area contributed by atoms with Gasteiger partial charge in [0.2, 0.25) is 5.89 Å². The SMILES string of the molecule is CCOC(C)c1noc(CN2CCNC[C@@H]2C)n1. The van der Waals surface area contributed by atoms with Crippen LogP contribution in [0.25, 0.3) is 0 Å². The van der Waals surface area contributed by atoms with Crippen LogP contribution in [0.15, 0.2) is 4.52 Å². The second kappa shape index (κ2) is 6.26. The minimum atomic E-state index is -0.104. The molecule has 6 nitrogen and oxygen atoms in total. The molecule has 1 aliphatic rings. The van der Waals surface area contributed by atoms with E-state index in [0.29, 0.717) is 30.9 Å². The summed E-state index contributed by atoms with van der Waals surface area (Å²) < 4.78 is 10.7. The first kappa shape index (κ1) is 13.5. The summed E-state index contributed by atoms with van der Waals surface area (Å²) in [6.45, 7) is 10.5. The zero-order valence-corrected chi connectivity index (χ0v) is 11.3. The molecule has 1 aromatic heterocycles. The maximum atomic E-state index is 5.44. The molecule has 0 aromatic carbocycles. The summed E-state index contributed by atoms with van der Waals surface area (Å²) in [6, 6.07) is 0.499. The van der Waals surface area contributed by atoms with Gasteiger partial charge in [0.15, 0.2) is 5.82 Å². The highest BCUT2D eigenvalue weighted by Gasteiger charge is 2.21. The van der Waals surface area contributed by atoms with E-state index in [0.717, 1.165) is 19.6 Å². The van der Waals surface area contributed by atoms with Gasteiger partial charge in [-0.15, -0.1) is 0 Å². The maximum Gasteiger partial charge on any atom is 0.240 e. The van der Waals surface area contributed by atoms with E-state index >= 15 is 0 Å². The summed E-state index contributed by atoms with van der Waals surface area (Å²) in [4.78, 5) is 6.74. The van der Waals surface area contributed by atoms with E-state index in [1.807, 2.05) is 13.8 Å². The van der Waals surface area contributed by atoms with Crippen molar-refractivity contribution in [2.45, 2.75) is 39.5 Å². The molecule has 0 amide bonds. The van der Waals surface area contributed by atoms with E-state index in [9.17, 15) is 0 Å². The molecule has 2 heterocycles. The Bertz CT molecular complexity index is 369. The van der Waals surface area contributed by atoms with Crippen LogP contribution in [0, 0.1) is 0 Å². The van der Waals surface area contributed by atoms with Crippen molar-refractivity contribution < 1.29 is 9.26 Å². The molecule has 102 valence electrons. The standard InChI is InChI=1S/C12H22N4O2/c1-4-17-10(3)12-14-11(18-15-12)8-16-6-5-13-7-9(16)2/h9-10,13H,4-8H2,1-3H3/t9-,10?/m0/s1. The topological polar surface area (TPSA) is 63.4 Å². The molecule has 0 radical (unpaired) electrons. The third-order valence-corrected chi connectivity index (χ3v) is 3.24. The molecule has 1 N–H and O–H groups in total. The van der Waals surface area contributed by atoms with Crippen LogP contribution in [-0.4, -0.2) is 47.3 Å². The molecule has 0 spiro atoms. The molecule has 1 unspecified atom stereocenters. The van der Waals surface area contributed by atoms with Gasteiger partial charge in [0.1, 0.15) is 6.10 Å². The molecule has 1 saturated heterocycles. The Morgan fingerprint density at radius 1 is 1.61 bits per heavy atom. The summed E-state index contributed by atoms with van der Waals surface area (Å²) >= 11 is 0. The Balaban J connectivity index is 1.93. The lowest BCUT2D eigenvalue weighted by atomic mass is 10.2. The first-order chi connectivity index (χ1) is 8.70. The lowest BCUT2D eigenvalue weighted by molar-refractivity contribution is 0.0683. The zero-order chi connectivity index (χ0) is 13.0. The number of hydrogen-bond acceptors (Lipinski definition) is 6. The van der Waals surface area contributed by atoms with Crippen molar-refractivity contribution in [1.82, 2.24) is 20.4 Å². The van der Waals surface area contributed by atoms with E-state index in [1.165, 1.54) is 0 Å². The Labute approximate surface area is 108 Å². The molecule has 0 aliphatic carbocycles. The number of piperazine rings is 1. The number of hydrogen-bond donors (Lipinski definition) is 1. The molecule has 2 rings (SSSR count). The first-order valence-electron chi connectivity index (χ1n) is 6.59. The van der Waals surface area contributed by atoms with Crippen molar-refractivity contribution in [1.29, 1.82) is 0 Å². The van der Waals surface area contributed by atoms with Crippen molar-refractivity contribution >= 4 is 0 Å². The molecule has 0 saturated carbocycles. The highest BCUT2D eigenvalue weighted by molar-refractivity contribution is 4.91. The van der Waals surface area contributed by atoms with Crippen LogP contribution in [-0.2, 0) is 11.3 Å². The van der Waals surface area contributed by atoms with Crippen LogP contribution in [0.2, 0.25) is 0 Å². The monoisotopic (exact) mass is 254 g/mol. The number of ether oxygens (including phenoxy) is 1. The van der Waals surface area contributed by atoms with Gasteiger partial charge in [-0.2, -0.15) is 4.98 Å². The highest BCUT2D eigenvalue weighted by atomic mass is 16.5. The third kappa shape index (κ3) is 3.28. The van der Waals surface area contributed by atoms with E-state index in [-0.39, 0.29) is 6.10 Å². The van der Waals surface area contributed by atoms with Crippen molar-refractivity contribution in [2.24, 2.45) is 0 Å². The molecular formula is C12H22N4O2. The fraction of sp³-hybridized carbons (Fsp3) is 0.833. The quantitative estimate of drug-likeness (QED) is 0.844. The number of nitrogens with zero attached hydrogens (tertiary/aromatic N) is 3. The summed E-state index contributed by atoms with van der Waals surface area (Å²) in [5, 5.41) is 7.33. The summed E-state index contributed by atoms with van der Waals surface area (Å²) in [7, 11) is 0. The number of nitrogens with one attached hydrogen (secondary N) is 1. The predicted molar refractivity (Wildman–Crippen MR) is 67.1 cm³/mol. The van der Waals surface area contributed by atoms with Crippen molar-refractivity contribution in [3.63, 3.8) is 0 Å². The van der Waals surface area contributed by atoms with Gasteiger partial charge in [-0.3, -0.25) is 4.90 Å². The average molecular weight is 254 g/mol. The van der Waals surface area contributed by atoms with Gasteiger partial charge < -0.3 is 14.6 Å². The Kier molecular flexibility index (Phi) is 4.68. The second-order valence-electron chi connectivity index (χ2n) is 4.67. The number of rotatable bonds is 5. The lowest BCUT2D eigenvalue weighted by Gasteiger charge is -2.32. The molecule has 2 atom stereocenters. The maximum absolute atomic E-state index is 5.44. The van der Waals surface area contributed by atoms with Crippen LogP contribution in [0.1, 0.15) is 38.6 Å². The van der Waals surface area contributed by atoms with E-state index in [4.69, 9.17) is 9.26 Å². The number of aromatic nitrogens is 2. The molecular weight excluding hydrogens is 232 g/mol. The lowest BCUT2D eigenvalue weighted by Crippen LogP contribution is -2.49. The molecule has 1 fully saturated rings. The van der Waals surface area contributed by atoms with E-state index < -0.39 is 0 Å². The van der Waals surface area contributed by atoms with Gasteiger partial charge in [-0.25, -0.2) is 0 Å². The average Bonchev–Trinajstić information content (AvgIpc) is 2.81. The Hall–Kier alpha value is -0.980. The van der Waals surface area contributed by atoms with Gasteiger partial charge in [0, 0.05) is 32.3 Å².